The van der Waals surface area contributed by atoms with Crippen LogP contribution in [-0.4, -0.2) is 166 Å². The maximum atomic E-state index is 16.0. The van der Waals surface area contributed by atoms with E-state index in [0.29, 0.717) is 86.2 Å². The van der Waals surface area contributed by atoms with Gasteiger partial charge in [-0.2, -0.15) is 39.8 Å². The van der Waals surface area contributed by atoms with E-state index in [0.717, 1.165) is 53.4 Å². The number of hydrogen-bond acceptors (Lipinski definition) is 15. The molecule has 4 amide bonds. The molecule has 2 bridgehead atoms. The van der Waals surface area contributed by atoms with E-state index >= 15 is 8.78 Å². The van der Waals surface area contributed by atoms with Gasteiger partial charge in [0, 0.05) is 67.3 Å². The second-order valence-corrected chi connectivity index (χ2v) is 20.7. The summed E-state index contributed by atoms with van der Waals surface area (Å²) in [6, 6.07) is 1.56. The lowest BCUT2D eigenvalue weighted by Gasteiger charge is -2.47. The molecule has 7 rings (SSSR count). The van der Waals surface area contributed by atoms with Crippen LogP contribution in [0.1, 0.15) is 69.3 Å². The van der Waals surface area contributed by atoms with Gasteiger partial charge >= 0.3 is 31.1 Å². The summed E-state index contributed by atoms with van der Waals surface area (Å²) in [5.41, 5.74) is -4.81. The third kappa shape index (κ3) is 14.2. The minimum Gasteiger partial charge on any atom is -0.453 e. The highest BCUT2D eigenvalue weighted by molar-refractivity contribution is 5.87. The van der Waals surface area contributed by atoms with Gasteiger partial charge in [0.05, 0.1) is 68.2 Å². The van der Waals surface area contributed by atoms with Crippen molar-refractivity contribution in [3.63, 3.8) is 0 Å². The molecule has 0 radical (unpaired) electrons. The number of hydrogen-bond donors (Lipinski definition) is 5. The van der Waals surface area contributed by atoms with Gasteiger partial charge < -0.3 is 40.2 Å². The maximum Gasteiger partial charge on any atom is 0.407 e. The smallest absolute Gasteiger partial charge is 0.407 e. The second kappa shape index (κ2) is 24.8. The van der Waals surface area contributed by atoms with E-state index in [1.807, 2.05) is 10.7 Å². The number of rotatable bonds is 19. The number of amides is 4. The van der Waals surface area contributed by atoms with Crippen molar-refractivity contribution in [3.05, 3.63) is 88.9 Å². The number of methoxy groups -OCH3 is 2. The number of alkyl carbamates (subject to hydrolysis) is 2. The number of hydrazine groups is 1. The van der Waals surface area contributed by atoms with Crippen molar-refractivity contribution in [1.29, 1.82) is 0 Å². The molecule has 3 aliphatic heterocycles. The van der Waals surface area contributed by atoms with Crippen LogP contribution in [0.5, 0.6) is 0 Å². The molecule has 5 N–H and O–H groups in total. The topological polar surface area (TPSA) is 231 Å². The summed E-state index contributed by atoms with van der Waals surface area (Å²) < 4.78 is 160. The normalized spacial score (nSPS) is 18.5. The van der Waals surface area contributed by atoms with Gasteiger partial charge in [0.25, 0.3) is 5.91 Å². The highest BCUT2D eigenvalue weighted by Gasteiger charge is 2.57. The Labute approximate surface area is 457 Å². The highest BCUT2D eigenvalue weighted by Crippen LogP contribution is 2.42. The molecule has 3 fully saturated rings. The fourth-order valence-electron chi connectivity index (χ4n) is 9.46. The molecule has 6 atom stereocenters. The molecule has 3 aliphatic rings. The second-order valence-electron chi connectivity index (χ2n) is 20.7. The SMILES string of the molecule is COC(=O)N[C@H](C(=O)N[C@@H](Cc1ccc(C#Cc2cnc(N3CC4CCC(C3)N4C3COC3)nc2)cc1)[C@@H](O)CN(Cc1c(F)cc(-c2cn(C(F)F)nn2)cc1F)NC(=O)[C@@H](NC(=O)OC)C(C)(C)C(F)(F)F)C(C)(C)C(F)(F)F. The number of piperazine rings is 1. The summed E-state index contributed by atoms with van der Waals surface area (Å²) in [6.45, 7) is -0.252. The van der Waals surface area contributed by atoms with Crippen molar-refractivity contribution in [2.45, 2.75) is 115 Å². The molecule has 4 aromatic rings. The average Bonchev–Trinajstić information content (AvgIpc) is 4.26. The molecule has 20 nitrogen and oxygen atoms in total. The van der Waals surface area contributed by atoms with Crippen LogP contribution in [0.15, 0.2) is 55.0 Å². The van der Waals surface area contributed by atoms with Crippen LogP contribution in [-0.2, 0) is 36.8 Å². The molecule has 3 saturated heterocycles. The zero-order valence-electron chi connectivity index (χ0n) is 44.3. The summed E-state index contributed by atoms with van der Waals surface area (Å²) in [4.78, 5) is 66.7. The number of nitrogens with one attached hydrogen (secondary N) is 4. The summed E-state index contributed by atoms with van der Waals surface area (Å²) in [5.74, 6) is 0.339. The first-order chi connectivity index (χ1) is 38.0. The number of alkyl halides is 8. The highest BCUT2D eigenvalue weighted by atomic mass is 19.4. The fourth-order valence-corrected chi connectivity index (χ4v) is 9.46. The van der Waals surface area contributed by atoms with Gasteiger partial charge in [-0.15, -0.1) is 5.10 Å². The van der Waals surface area contributed by atoms with Gasteiger partial charge in [0.2, 0.25) is 11.9 Å². The number of halogens is 10. The number of fused-ring (bicyclic) bond motifs is 2. The van der Waals surface area contributed by atoms with Crippen LogP contribution < -0.4 is 26.3 Å². The van der Waals surface area contributed by atoms with Gasteiger partial charge in [-0.3, -0.25) is 19.9 Å². The first-order valence-corrected chi connectivity index (χ1v) is 25.1. The standard InChI is InChI=1S/C51H58F10N12O8/c1-48(2,50(56,57)58)40(65-46(77)79-5)42(75)64-37(15-28-10-7-27(8-11-28)9-12-29-18-62-45(63-19-29)70-20-31-13-14-32(21-70)73(31)33-25-81-26-33)39(74)24-71(68-43(76)41(66-47(78)80-6)49(3,4)51(59,60)61)22-34-35(52)16-30(17-36(34)53)38-23-72(44(54)55)69-67-38/h7-8,10-11,16-19,23,31-33,37,39-41,44,74H,13-15,20-22,24-26H2,1-6H3,(H,64,75)(H,65,77)(H,66,78)(H,68,76)/t31?,32?,37-,39-,40+,41+/m0/s1. The molecule has 2 unspecified atom stereocenters. The number of ether oxygens (including phenoxy) is 3. The van der Waals surface area contributed by atoms with E-state index in [1.165, 1.54) is 24.3 Å². The van der Waals surface area contributed by atoms with Crippen molar-refractivity contribution < 1.29 is 82.4 Å². The summed E-state index contributed by atoms with van der Waals surface area (Å²) >= 11 is 0. The quantitative estimate of drug-likeness (QED) is 0.0449. The van der Waals surface area contributed by atoms with Crippen molar-refractivity contribution in [2.24, 2.45) is 10.8 Å². The lowest BCUT2D eigenvalue weighted by atomic mass is 9.82. The number of benzene rings is 2. The van der Waals surface area contributed by atoms with Gasteiger partial charge in [-0.1, -0.05) is 29.2 Å². The predicted molar refractivity (Wildman–Crippen MR) is 265 cm³/mol. The summed E-state index contributed by atoms with van der Waals surface area (Å²) in [5, 5.41) is 25.1. The Morgan fingerprint density at radius 2 is 1.32 bits per heavy atom. The number of aliphatic hydroxyl groups is 1. The molecule has 81 heavy (non-hydrogen) atoms. The number of nitrogens with zero attached hydrogens (tertiary/aromatic N) is 8. The van der Waals surface area contributed by atoms with Crippen molar-refractivity contribution in [1.82, 2.24) is 56.2 Å². The van der Waals surface area contributed by atoms with Crippen LogP contribution in [0.3, 0.4) is 0 Å². The molecule has 2 aromatic heterocycles. The van der Waals surface area contributed by atoms with E-state index < -0.39 is 126 Å². The number of aliphatic hydroxyl groups excluding tert-OH is 1. The molecular weight excluding hydrogens is 1100 g/mol. The van der Waals surface area contributed by atoms with Crippen molar-refractivity contribution in [3.8, 4) is 23.1 Å². The van der Waals surface area contributed by atoms with Crippen molar-refractivity contribution in [2.75, 3.05) is 52.0 Å². The van der Waals surface area contributed by atoms with E-state index in [-0.39, 0.29) is 10.2 Å². The minimum absolute atomic E-state index is 0.0856. The lowest BCUT2D eigenvalue weighted by Crippen LogP contribution is -2.63. The number of carbonyl (C=O) groups is 4. The minimum atomic E-state index is -5.24. The van der Waals surface area contributed by atoms with E-state index in [4.69, 9.17) is 4.74 Å². The Balaban J connectivity index is 1.18. The zero-order chi connectivity index (χ0) is 59.4. The molecular formula is C51H58F10N12O8. The van der Waals surface area contributed by atoms with Gasteiger partial charge in [-0.05, 0) is 76.8 Å². The Kier molecular flexibility index (Phi) is 18.7. The van der Waals surface area contributed by atoms with Gasteiger partial charge in [0.1, 0.15) is 29.4 Å². The van der Waals surface area contributed by atoms with E-state index in [2.05, 4.69) is 56.7 Å². The first kappa shape index (κ1) is 61.3. The maximum absolute atomic E-state index is 16.0. The average molecular weight is 1160 g/mol. The Bertz CT molecular complexity index is 2910. The van der Waals surface area contributed by atoms with Crippen LogP contribution in [0.25, 0.3) is 11.3 Å². The number of aromatic nitrogens is 5. The molecule has 2 aromatic carbocycles. The third-order valence-electron chi connectivity index (χ3n) is 14.6. The molecule has 5 heterocycles. The van der Waals surface area contributed by atoms with Crippen LogP contribution in [0.4, 0.5) is 59.4 Å². The monoisotopic (exact) mass is 1160 g/mol. The molecule has 30 heteroatoms. The third-order valence-corrected chi connectivity index (χ3v) is 14.6. The number of carbonyl (C=O) groups excluding carboxylic acids is 4. The zero-order valence-corrected chi connectivity index (χ0v) is 44.3. The Hall–Kier alpha value is -7.36. The van der Waals surface area contributed by atoms with E-state index in [9.17, 15) is 59.4 Å². The van der Waals surface area contributed by atoms with E-state index in [1.54, 1.807) is 17.7 Å². The van der Waals surface area contributed by atoms with Gasteiger partial charge in [-0.25, -0.2) is 33.3 Å². The lowest BCUT2D eigenvalue weighted by molar-refractivity contribution is -0.221. The molecule has 0 spiro atoms. The van der Waals surface area contributed by atoms with Crippen LogP contribution in [0, 0.1) is 34.3 Å². The summed E-state index contributed by atoms with van der Waals surface area (Å²) in [6.07, 6.45) is -10.1. The molecule has 0 aliphatic carbocycles. The summed E-state index contributed by atoms with van der Waals surface area (Å²) in [7, 11) is 1.59. The molecule has 0 saturated carbocycles. The Morgan fingerprint density at radius 3 is 1.80 bits per heavy atom. The van der Waals surface area contributed by atoms with Crippen LogP contribution >= 0.6 is 0 Å². The Morgan fingerprint density at radius 1 is 0.790 bits per heavy atom. The number of anilines is 1. The van der Waals surface area contributed by atoms with Crippen molar-refractivity contribution >= 4 is 29.9 Å². The first-order valence-electron chi connectivity index (χ1n) is 25.1. The fraction of sp³-hybridized carbons (Fsp3) is 0.529. The molecule has 440 valence electrons. The predicted octanol–water partition coefficient (Wildman–Crippen LogP) is 5.41. The largest absolute Gasteiger partial charge is 0.453 e. The van der Waals surface area contributed by atoms with Crippen LogP contribution in [0.2, 0.25) is 0 Å². The van der Waals surface area contributed by atoms with Gasteiger partial charge in [0.15, 0.2) is 0 Å².